The van der Waals surface area contributed by atoms with Crippen molar-refractivity contribution in [1.82, 2.24) is 4.90 Å². The molecule has 29 heavy (non-hydrogen) atoms. The Hall–Kier alpha value is -2.78. The van der Waals surface area contributed by atoms with Gasteiger partial charge in [-0.15, -0.1) is 11.8 Å². The molecular weight excluding hydrogens is 382 g/mol. The van der Waals surface area contributed by atoms with Crippen molar-refractivity contribution in [3.05, 3.63) is 59.7 Å². The van der Waals surface area contributed by atoms with E-state index in [9.17, 15) is 9.59 Å². The first-order chi connectivity index (χ1) is 14.1. The fourth-order valence-corrected chi connectivity index (χ4v) is 3.95. The number of amides is 2. The summed E-state index contributed by atoms with van der Waals surface area (Å²) in [4.78, 5) is 28.2. The number of benzene rings is 2. The number of nitrogens with zero attached hydrogens (tertiary/aromatic N) is 2. The highest BCUT2D eigenvalue weighted by Gasteiger charge is 2.27. The van der Waals surface area contributed by atoms with Crippen LogP contribution in [0.3, 0.4) is 0 Å². The number of nitrogens with one attached hydrogen (secondary N) is 1. The molecule has 1 aliphatic rings. The van der Waals surface area contributed by atoms with Crippen LogP contribution in [0.5, 0.6) is 0 Å². The number of carbonyl (C=O) groups is 2. The van der Waals surface area contributed by atoms with Gasteiger partial charge in [-0.2, -0.15) is 5.26 Å². The van der Waals surface area contributed by atoms with Gasteiger partial charge in [0.2, 0.25) is 5.91 Å². The van der Waals surface area contributed by atoms with E-state index in [1.807, 2.05) is 29.2 Å². The van der Waals surface area contributed by atoms with Gasteiger partial charge in [0.1, 0.15) is 0 Å². The summed E-state index contributed by atoms with van der Waals surface area (Å²) < 4.78 is 0. The average molecular weight is 408 g/mol. The van der Waals surface area contributed by atoms with Crippen molar-refractivity contribution < 1.29 is 9.59 Å². The van der Waals surface area contributed by atoms with Crippen molar-refractivity contribution in [1.29, 1.82) is 5.26 Å². The van der Waals surface area contributed by atoms with E-state index in [2.05, 4.69) is 18.3 Å². The zero-order valence-corrected chi connectivity index (χ0v) is 17.4. The van der Waals surface area contributed by atoms with Crippen LogP contribution in [0.15, 0.2) is 53.4 Å². The highest BCUT2D eigenvalue weighted by Crippen LogP contribution is 2.31. The second-order valence-electron chi connectivity index (χ2n) is 7.22. The van der Waals surface area contributed by atoms with Gasteiger partial charge in [0.05, 0.1) is 22.9 Å². The lowest BCUT2D eigenvalue weighted by molar-refractivity contribution is -0.113. The highest BCUT2D eigenvalue weighted by atomic mass is 32.2. The first-order valence-electron chi connectivity index (χ1n) is 9.91. The Morgan fingerprint density at radius 1 is 1.21 bits per heavy atom. The first-order valence-corrected chi connectivity index (χ1v) is 10.9. The summed E-state index contributed by atoms with van der Waals surface area (Å²) >= 11 is 1.36. The van der Waals surface area contributed by atoms with Crippen LogP contribution in [0.2, 0.25) is 0 Å². The van der Waals surface area contributed by atoms with Gasteiger partial charge in [0.15, 0.2) is 0 Å². The average Bonchev–Trinajstić information content (AvgIpc) is 3.56. The van der Waals surface area contributed by atoms with Crippen molar-refractivity contribution in [3.8, 4) is 6.07 Å². The first kappa shape index (κ1) is 20.9. The van der Waals surface area contributed by atoms with Gasteiger partial charge in [-0.1, -0.05) is 25.1 Å². The fraction of sp³-hybridized carbons (Fsp3) is 0.348. The largest absolute Gasteiger partial charge is 0.338 e. The SMILES string of the molecule is CCCN(CC1CC1)C(=O)c1ccccc1SCC(=O)Nc1cccc(C#N)c1. The van der Waals surface area contributed by atoms with Crippen LogP contribution in [0, 0.1) is 17.2 Å². The van der Waals surface area contributed by atoms with Crippen LogP contribution in [-0.4, -0.2) is 35.6 Å². The molecule has 0 saturated heterocycles. The molecule has 5 nitrogen and oxygen atoms in total. The van der Waals surface area contributed by atoms with Gasteiger partial charge in [-0.05, 0) is 55.5 Å². The number of nitriles is 1. The lowest BCUT2D eigenvalue weighted by atomic mass is 10.2. The minimum atomic E-state index is -0.171. The van der Waals surface area contributed by atoms with E-state index in [-0.39, 0.29) is 17.6 Å². The molecule has 0 unspecified atom stereocenters. The normalized spacial score (nSPS) is 12.8. The molecule has 0 bridgehead atoms. The molecule has 1 fully saturated rings. The smallest absolute Gasteiger partial charge is 0.254 e. The third-order valence-electron chi connectivity index (χ3n) is 4.71. The Balaban J connectivity index is 1.64. The maximum atomic E-state index is 13.1. The molecule has 2 amide bonds. The standard InChI is InChI=1S/C23H25N3O2S/c1-2-12-26(15-17-10-11-17)23(28)20-8-3-4-9-21(20)29-16-22(27)25-19-7-5-6-18(13-19)14-24/h3-9,13,17H,2,10-12,15-16H2,1H3,(H,25,27). The summed E-state index contributed by atoms with van der Waals surface area (Å²) in [5, 5.41) is 11.8. The minimum absolute atomic E-state index is 0.0454. The van der Waals surface area contributed by atoms with Crippen LogP contribution < -0.4 is 5.32 Å². The summed E-state index contributed by atoms with van der Waals surface area (Å²) in [6, 6.07) is 16.4. The summed E-state index contributed by atoms with van der Waals surface area (Å²) in [6.07, 6.45) is 3.34. The third kappa shape index (κ3) is 6.10. The number of hydrogen-bond acceptors (Lipinski definition) is 4. The summed E-state index contributed by atoms with van der Waals surface area (Å²) in [7, 11) is 0. The molecule has 0 aromatic heterocycles. The van der Waals surface area contributed by atoms with E-state index < -0.39 is 0 Å². The number of hydrogen-bond donors (Lipinski definition) is 1. The maximum Gasteiger partial charge on any atom is 0.254 e. The molecule has 0 spiro atoms. The molecule has 6 heteroatoms. The maximum absolute atomic E-state index is 13.1. The lowest BCUT2D eigenvalue weighted by Crippen LogP contribution is -2.34. The monoisotopic (exact) mass is 407 g/mol. The zero-order chi connectivity index (χ0) is 20.6. The Morgan fingerprint density at radius 2 is 2.00 bits per heavy atom. The Labute approximate surface area is 176 Å². The van der Waals surface area contributed by atoms with E-state index in [1.54, 1.807) is 24.3 Å². The van der Waals surface area contributed by atoms with E-state index >= 15 is 0 Å². The van der Waals surface area contributed by atoms with Crippen molar-refractivity contribution in [2.75, 3.05) is 24.2 Å². The van der Waals surface area contributed by atoms with Gasteiger partial charge >= 0.3 is 0 Å². The summed E-state index contributed by atoms with van der Waals surface area (Å²) in [5.41, 5.74) is 1.75. The van der Waals surface area contributed by atoms with Crippen LogP contribution in [0.25, 0.3) is 0 Å². The summed E-state index contributed by atoms with van der Waals surface area (Å²) in [6.45, 7) is 3.66. The Kier molecular flexibility index (Phi) is 7.31. The molecule has 1 saturated carbocycles. The Morgan fingerprint density at radius 3 is 2.72 bits per heavy atom. The third-order valence-corrected chi connectivity index (χ3v) is 5.78. The van der Waals surface area contributed by atoms with Gasteiger partial charge < -0.3 is 10.2 Å². The molecular formula is C23H25N3O2S. The van der Waals surface area contributed by atoms with Gasteiger partial charge in [0, 0.05) is 23.7 Å². The lowest BCUT2D eigenvalue weighted by Gasteiger charge is -2.23. The molecule has 1 N–H and O–H groups in total. The predicted octanol–water partition coefficient (Wildman–Crippen LogP) is 4.55. The minimum Gasteiger partial charge on any atom is -0.338 e. The molecule has 1 aliphatic carbocycles. The molecule has 150 valence electrons. The van der Waals surface area contributed by atoms with E-state index in [1.165, 1.54) is 24.6 Å². The number of thioether (sulfide) groups is 1. The quantitative estimate of drug-likeness (QED) is 0.619. The zero-order valence-electron chi connectivity index (χ0n) is 16.6. The van der Waals surface area contributed by atoms with E-state index in [0.29, 0.717) is 22.7 Å². The van der Waals surface area contributed by atoms with Crippen LogP contribution >= 0.6 is 11.8 Å². The molecule has 0 atom stereocenters. The second kappa shape index (κ2) is 10.1. The molecule has 3 rings (SSSR count). The molecule has 2 aromatic rings. The molecule has 2 aromatic carbocycles. The molecule has 0 radical (unpaired) electrons. The van der Waals surface area contributed by atoms with Gasteiger partial charge in [-0.25, -0.2) is 0 Å². The number of anilines is 1. The predicted molar refractivity (Wildman–Crippen MR) is 116 cm³/mol. The Bertz CT molecular complexity index is 918. The molecule has 0 aliphatic heterocycles. The van der Waals surface area contributed by atoms with Crippen LogP contribution in [0.1, 0.15) is 42.1 Å². The second-order valence-corrected chi connectivity index (χ2v) is 8.24. The van der Waals surface area contributed by atoms with Crippen LogP contribution in [0.4, 0.5) is 5.69 Å². The number of rotatable bonds is 9. The van der Waals surface area contributed by atoms with E-state index in [4.69, 9.17) is 5.26 Å². The fourth-order valence-electron chi connectivity index (χ4n) is 3.10. The summed E-state index contributed by atoms with van der Waals surface area (Å²) in [5.74, 6) is 0.706. The van der Waals surface area contributed by atoms with Crippen molar-refractivity contribution in [3.63, 3.8) is 0 Å². The van der Waals surface area contributed by atoms with Gasteiger partial charge in [-0.3, -0.25) is 9.59 Å². The number of carbonyl (C=O) groups excluding carboxylic acids is 2. The molecule has 0 heterocycles. The topological polar surface area (TPSA) is 73.2 Å². The van der Waals surface area contributed by atoms with E-state index in [0.717, 1.165) is 24.4 Å². The van der Waals surface area contributed by atoms with Crippen molar-refractivity contribution in [2.24, 2.45) is 5.92 Å². The van der Waals surface area contributed by atoms with Gasteiger partial charge in [0.25, 0.3) is 5.91 Å². The van der Waals surface area contributed by atoms with Crippen LogP contribution in [-0.2, 0) is 4.79 Å². The van der Waals surface area contributed by atoms with Crippen molar-refractivity contribution >= 4 is 29.3 Å². The van der Waals surface area contributed by atoms with Crippen molar-refractivity contribution in [2.45, 2.75) is 31.1 Å². The highest BCUT2D eigenvalue weighted by molar-refractivity contribution is 8.00.